The maximum Gasteiger partial charge on any atom is 0.257 e. The number of aromatic amines is 1. The van der Waals surface area contributed by atoms with Crippen LogP contribution in [0.4, 0.5) is 0 Å². The third-order valence-electron chi connectivity index (χ3n) is 5.36. The minimum Gasteiger partial charge on any atom is -0.338 e. The molecule has 4 heterocycles. The van der Waals surface area contributed by atoms with Gasteiger partial charge in [-0.3, -0.25) is 9.89 Å². The molecule has 1 amide bonds. The van der Waals surface area contributed by atoms with E-state index in [0.717, 1.165) is 37.3 Å². The highest BCUT2D eigenvalue weighted by Crippen LogP contribution is 2.29. The Morgan fingerprint density at radius 3 is 3.00 bits per heavy atom. The standard InChI is InChI=1S/C20H24N6O/c1-3-15-11-22-24-19(15)16-7-6-10-25(13-16)20(27)17-12-23-26(14(17)2)18-8-4-5-9-21-18/h4-5,8-9,11-12,16H,3,6-7,10,13H2,1-2H3,(H,22,24)/t16-/m0/s1. The molecule has 0 radical (unpaired) electrons. The Morgan fingerprint density at radius 2 is 2.22 bits per heavy atom. The van der Waals surface area contributed by atoms with E-state index in [2.05, 4.69) is 27.2 Å². The van der Waals surface area contributed by atoms with Crippen molar-refractivity contribution < 1.29 is 4.79 Å². The number of aryl methyl sites for hydroxylation is 1. The first-order valence-electron chi connectivity index (χ1n) is 9.46. The van der Waals surface area contributed by atoms with E-state index in [1.165, 1.54) is 11.3 Å². The smallest absolute Gasteiger partial charge is 0.257 e. The molecule has 1 N–H and O–H groups in total. The van der Waals surface area contributed by atoms with Gasteiger partial charge in [-0.25, -0.2) is 9.67 Å². The average molecular weight is 364 g/mol. The number of aromatic nitrogens is 5. The van der Waals surface area contributed by atoms with Gasteiger partial charge in [0.25, 0.3) is 5.91 Å². The first kappa shape index (κ1) is 17.5. The van der Waals surface area contributed by atoms with Crippen LogP contribution >= 0.6 is 0 Å². The largest absolute Gasteiger partial charge is 0.338 e. The highest BCUT2D eigenvalue weighted by molar-refractivity contribution is 5.95. The molecule has 0 saturated carbocycles. The predicted octanol–water partition coefficient (Wildman–Crippen LogP) is 2.88. The van der Waals surface area contributed by atoms with Crippen molar-refractivity contribution in [1.82, 2.24) is 29.9 Å². The van der Waals surface area contributed by atoms with Gasteiger partial charge < -0.3 is 4.90 Å². The lowest BCUT2D eigenvalue weighted by Crippen LogP contribution is -2.39. The van der Waals surface area contributed by atoms with Gasteiger partial charge in [-0.15, -0.1) is 0 Å². The van der Waals surface area contributed by atoms with E-state index < -0.39 is 0 Å². The van der Waals surface area contributed by atoms with Crippen molar-refractivity contribution in [2.45, 2.75) is 39.0 Å². The van der Waals surface area contributed by atoms with Crippen molar-refractivity contribution >= 4 is 5.91 Å². The van der Waals surface area contributed by atoms with Crippen molar-refractivity contribution in [2.75, 3.05) is 13.1 Å². The monoisotopic (exact) mass is 364 g/mol. The number of carbonyl (C=O) groups excluding carboxylic acids is 1. The molecule has 7 heteroatoms. The summed E-state index contributed by atoms with van der Waals surface area (Å²) in [5, 5.41) is 11.7. The number of likely N-dealkylation sites (tertiary alicyclic amines) is 1. The minimum absolute atomic E-state index is 0.0388. The summed E-state index contributed by atoms with van der Waals surface area (Å²) in [6.07, 6.45) is 8.30. The van der Waals surface area contributed by atoms with Gasteiger partial charge in [-0.1, -0.05) is 13.0 Å². The molecule has 1 aliphatic heterocycles. The molecule has 3 aromatic rings. The van der Waals surface area contributed by atoms with Crippen LogP contribution in [0, 0.1) is 6.92 Å². The van der Waals surface area contributed by atoms with Crippen LogP contribution < -0.4 is 0 Å². The Bertz CT molecular complexity index is 929. The molecule has 140 valence electrons. The van der Waals surface area contributed by atoms with Gasteiger partial charge in [0.15, 0.2) is 5.82 Å². The van der Waals surface area contributed by atoms with Gasteiger partial charge in [-0.2, -0.15) is 10.2 Å². The van der Waals surface area contributed by atoms with Crippen LogP contribution in [0.1, 0.15) is 53.0 Å². The third-order valence-corrected chi connectivity index (χ3v) is 5.36. The fourth-order valence-corrected chi connectivity index (χ4v) is 3.85. The van der Waals surface area contributed by atoms with E-state index in [9.17, 15) is 4.79 Å². The molecular weight excluding hydrogens is 340 g/mol. The van der Waals surface area contributed by atoms with Gasteiger partial charge in [-0.05, 0) is 43.9 Å². The number of piperidine rings is 1. The highest BCUT2D eigenvalue weighted by Gasteiger charge is 2.29. The number of amides is 1. The maximum absolute atomic E-state index is 13.2. The SMILES string of the molecule is CCc1cn[nH]c1[C@H]1CCCN(C(=O)c2cnn(-c3ccccn3)c2C)C1. The summed E-state index contributed by atoms with van der Waals surface area (Å²) in [6, 6.07) is 5.66. The number of hydrogen-bond donors (Lipinski definition) is 1. The fraction of sp³-hybridized carbons (Fsp3) is 0.400. The first-order chi connectivity index (χ1) is 13.2. The second-order valence-electron chi connectivity index (χ2n) is 7.00. The number of nitrogens with one attached hydrogen (secondary N) is 1. The highest BCUT2D eigenvalue weighted by atomic mass is 16.2. The topological polar surface area (TPSA) is 79.7 Å². The normalized spacial score (nSPS) is 17.3. The summed E-state index contributed by atoms with van der Waals surface area (Å²) < 4.78 is 1.72. The summed E-state index contributed by atoms with van der Waals surface area (Å²) in [5.74, 6) is 1.07. The van der Waals surface area contributed by atoms with Gasteiger partial charge in [0.2, 0.25) is 0 Å². The van der Waals surface area contributed by atoms with Crippen LogP contribution in [0.25, 0.3) is 5.82 Å². The Kier molecular flexibility index (Phi) is 4.75. The van der Waals surface area contributed by atoms with Gasteiger partial charge >= 0.3 is 0 Å². The van der Waals surface area contributed by atoms with E-state index in [-0.39, 0.29) is 5.91 Å². The predicted molar refractivity (Wildman–Crippen MR) is 102 cm³/mol. The van der Waals surface area contributed by atoms with Gasteiger partial charge in [0.05, 0.1) is 23.7 Å². The second kappa shape index (κ2) is 7.34. The second-order valence-corrected chi connectivity index (χ2v) is 7.00. The molecule has 1 fully saturated rings. The molecule has 3 aromatic heterocycles. The van der Waals surface area contributed by atoms with E-state index in [0.29, 0.717) is 18.0 Å². The van der Waals surface area contributed by atoms with Crippen LogP contribution in [-0.2, 0) is 6.42 Å². The third kappa shape index (κ3) is 3.25. The lowest BCUT2D eigenvalue weighted by molar-refractivity contribution is 0.0705. The van der Waals surface area contributed by atoms with Crippen molar-refractivity contribution in [3.8, 4) is 5.82 Å². The van der Waals surface area contributed by atoms with Crippen LogP contribution in [0.5, 0.6) is 0 Å². The van der Waals surface area contributed by atoms with Crippen molar-refractivity contribution in [3.05, 3.63) is 59.3 Å². The Morgan fingerprint density at radius 1 is 1.33 bits per heavy atom. The molecule has 0 spiro atoms. The number of rotatable bonds is 4. The average Bonchev–Trinajstić information content (AvgIpc) is 3.34. The lowest BCUT2D eigenvalue weighted by atomic mass is 9.91. The number of nitrogens with zero attached hydrogens (tertiary/aromatic N) is 5. The number of pyridine rings is 1. The van der Waals surface area contributed by atoms with Crippen molar-refractivity contribution in [3.63, 3.8) is 0 Å². The Hall–Kier alpha value is -2.96. The van der Waals surface area contributed by atoms with E-state index in [1.807, 2.05) is 36.2 Å². The minimum atomic E-state index is 0.0388. The van der Waals surface area contributed by atoms with E-state index >= 15 is 0 Å². The van der Waals surface area contributed by atoms with E-state index in [1.54, 1.807) is 17.1 Å². The summed E-state index contributed by atoms with van der Waals surface area (Å²) in [4.78, 5) is 19.4. The molecule has 1 saturated heterocycles. The Balaban J connectivity index is 1.55. The summed E-state index contributed by atoms with van der Waals surface area (Å²) in [6.45, 7) is 5.54. The maximum atomic E-state index is 13.2. The molecule has 1 aliphatic rings. The molecule has 0 aromatic carbocycles. The zero-order valence-corrected chi connectivity index (χ0v) is 15.7. The first-order valence-corrected chi connectivity index (χ1v) is 9.46. The summed E-state index contributed by atoms with van der Waals surface area (Å²) in [7, 11) is 0. The number of H-pyrrole nitrogens is 1. The quantitative estimate of drug-likeness (QED) is 0.772. The summed E-state index contributed by atoms with van der Waals surface area (Å²) >= 11 is 0. The van der Waals surface area contributed by atoms with Crippen LogP contribution in [0.15, 0.2) is 36.8 Å². The zero-order valence-electron chi connectivity index (χ0n) is 15.7. The summed E-state index contributed by atoms with van der Waals surface area (Å²) in [5.41, 5.74) is 3.88. The van der Waals surface area contributed by atoms with Crippen LogP contribution in [0.3, 0.4) is 0 Å². The number of hydrogen-bond acceptors (Lipinski definition) is 4. The fourth-order valence-electron chi connectivity index (χ4n) is 3.85. The van der Waals surface area contributed by atoms with E-state index in [4.69, 9.17) is 0 Å². The Labute approximate surface area is 158 Å². The number of carbonyl (C=O) groups is 1. The van der Waals surface area contributed by atoms with Gasteiger partial charge in [0, 0.05) is 30.9 Å². The van der Waals surface area contributed by atoms with Crippen LogP contribution in [-0.4, -0.2) is 48.9 Å². The zero-order chi connectivity index (χ0) is 18.8. The molecular formula is C20H24N6O. The van der Waals surface area contributed by atoms with Crippen molar-refractivity contribution in [2.24, 2.45) is 0 Å². The molecule has 0 aliphatic carbocycles. The van der Waals surface area contributed by atoms with Gasteiger partial charge in [0.1, 0.15) is 0 Å². The molecule has 0 unspecified atom stereocenters. The molecule has 0 bridgehead atoms. The molecule has 7 nitrogen and oxygen atoms in total. The lowest BCUT2D eigenvalue weighted by Gasteiger charge is -2.32. The molecule has 27 heavy (non-hydrogen) atoms. The molecule has 4 rings (SSSR count). The van der Waals surface area contributed by atoms with Crippen LogP contribution in [0.2, 0.25) is 0 Å². The molecule has 1 atom stereocenters. The van der Waals surface area contributed by atoms with Crippen molar-refractivity contribution in [1.29, 1.82) is 0 Å².